The van der Waals surface area contributed by atoms with Gasteiger partial charge in [-0.3, -0.25) is 0 Å². The maximum absolute atomic E-state index is 5.35. The van der Waals surface area contributed by atoms with Crippen molar-refractivity contribution < 1.29 is 4.74 Å². The van der Waals surface area contributed by atoms with Crippen molar-refractivity contribution in [3.63, 3.8) is 0 Å². The van der Waals surface area contributed by atoms with E-state index in [4.69, 9.17) is 4.74 Å². The van der Waals surface area contributed by atoms with Crippen molar-refractivity contribution in [2.45, 2.75) is 19.5 Å². The van der Waals surface area contributed by atoms with Crippen LogP contribution < -0.4 is 10.1 Å². The highest BCUT2D eigenvalue weighted by Crippen LogP contribution is 2.20. The van der Waals surface area contributed by atoms with E-state index in [1.54, 1.807) is 7.11 Å². The molecule has 3 heteroatoms. The molecular formula is C16H18BrNO. The predicted octanol–water partition coefficient (Wildman–Crippen LogP) is 4.31. The molecule has 0 aliphatic rings. The average Bonchev–Trinajstić information content (AvgIpc) is 2.45. The van der Waals surface area contributed by atoms with Crippen LogP contribution in [0.3, 0.4) is 0 Å². The first kappa shape index (κ1) is 14.1. The van der Waals surface area contributed by atoms with Crippen LogP contribution in [-0.4, -0.2) is 7.11 Å². The fourth-order valence-electron chi connectivity index (χ4n) is 2.01. The van der Waals surface area contributed by atoms with Crippen molar-refractivity contribution in [1.82, 2.24) is 5.32 Å². The van der Waals surface area contributed by atoms with Gasteiger partial charge < -0.3 is 10.1 Å². The normalized spacial score (nSPS) is 12.2. The van der Waals surface area contributed by atoms with E-state index in [0.29, 0.717) is 6.04 Å². The number of benzene rings is 2. The van der Waals surface area contributed by atoms with Crippen LogP contribution in [0.25, 0.3) is 0 Å². The Balaban J connectivity index is 2.02. The van der Waals surface area contributed by atoms with Gasteiger partial charge in [-0.2, -0.15) is 0 Å². The Labute approximate surface area is 122 Å². The molecular weight excluding hydrogens is 302 g/mol. The second-order valence-corrected chi connectivity index (χ2v) is 5.39. The molecule has 0 aromatic heterocycles. The third-order valence-electron chi connectivity index (χ3n) is 3.14. The Hall–Kier alpha value is -1.32. The van der Waals surface area contributed by atoms with Gasteiger partial charge in [-0.15, -0.1) is 0 Å². The number of rotatable bonds is 5. The Morgan fingerprint density at radius 1 is 1.16 bits per heavy atom. The summed E-state index contributed by atoms with van der Waals surface area (Å²) in [6.45, 7) is 2.95. The van der Waals surface area contributed by atoms with Crippen molar-refractivity contribution >= 4 is 15.9 Å². The highest BCUT2D eigenvalue weighted by molar-refractivity contribution is 9.10. The Kier molecular flexibility index (Phi) is 5.00. The van der Waals surface area contributed by atoms with E-state index in [1.165, 1.54) is 11.1 Å². The van der Waals surface area contributed by atoms with Crippen LogP contribution in [0.4, 0.5) is 0 Å². The monoisotopic (exact) mass is 319 g/mol. The summed E-state index contributed by atoms with van der Waals surface area (Å²) in [5, 5.41) is 3.52. The van der Waals surface area contributed by atoms with Crippen LogP contribution in [0.1, 0.15) is 24.1 Å². The molecule has 0 spiro atoms. The maximum atomic E-state index is 5.35. The van der Waals surface area contributed by atoms with Gasteiger partial charge in [-0.05, 0) is 30.7 Å². The van der Waals surface area contributed by atoms with Crippen LogP contribution >= 0.6 is 15.9 Å². The van der Waals surface area contributed by atoms with Crippen molar-refractivity contribution in [3.05, 3.63) is 64.1 Å². The van der Waals surface area contributed by atoms with Gasteiger partial charge in [0.05, 0.1) is 7.11 Å². The average molecular weight is 320 g/mol. The molecule has 2 rings (SSSR count). The number of halogens is 1. The molecule has 0 aliphatic carbocycles. The van der Waals surface area contributed by atoms with Crippen LogP contribution in [0.2, 0.25) is 0 Å². The minimum atomic E-state index is 0.294. The summed E-state index contributed by atoms with van der Waals surface area (Å²) in [4.78, 5) is 0. The number of ether oxygens (including phenoxy) is 1. The van der Waals surface area contributed by atoms with Crippen molar-refractivity contribution in [1.29, 1.82) is 0 Å². The van der Waals surface area contributed by atoms with Crippen molar-refractivity contribution in [3.8, 4) is 5.75 Å². The number of hydrogen-bond donors (Lipinski definition) is 1. The molecule has 100 valence electrons. The Morgan fingerprint density at radius 2 is 1.95 bits per heavy atom. The van der Waals surface area contributed by atoms with Gasteiger partial charge in [-0.1, -0.05) is 46.3 Å². The van der Waals surface area contributed by atoms with Crippen LogP contribution in [0.5, 0.6) is 5.75 Å². The van der Waals surface area contributed by atoms with Crippen molar-refractivity contribution in [2.24, 2.45) is 0 Å². The zero-order valence-electron chi connectivity index (χ0n) is 11.2. The summed E-state index contributed by atoms with van der Waals surface area (Å²) >= 11 is 3.50. The summed E-state index contributed by atoms with van der Waals surface area (Å²) in [6.07, 6.45) is 0. The largest absolute Gasteiger partial charge is 0.496 e. The van der Waals surface area contributed by atoms with E-state index in [-0.39, 0.29) is 0 Å². The fourth-order valence-corrected chi connectivity index (χ4v) is 2.42. The SMILES string of the molecule is COc1ccccc1CN[C@@H](C)c1cccc(Br)c1. The van der Waals surface area contributed by atoms with Crippen LogP contribution in [0.15, 0.2) is 53.0 Å². The lowest BCUT2D eigenvalue weighted by Gasteiger charge is -2.16. The van der Waals surface area contributed by atoms with Gasteiger partial charge in [-0.25, -0.2) is 0 Å². The van der Waals surface area contributed by atoms with Crippen LogP contribution in [-0.2, 0) is 6.54 Å². The molecule has 2 aromatic carbocycles. The number of methoxy groups -OCH3 is 1. The molecule has 0 bridgehead atoms. The van der Waals surface area contributed by atoms with Gasteiger partial charge in [0.15, 0.2) is 0 Å². The lowest BCUT2D eigenvalue weighted by Crippen LogP contribution is -2.18. The quantitative estimate of drug-likeness (QED) is 0.886. The minimum absolute atomic E-state index is 0.294. The summed E-state index contributed by atoms with van der Waals surface area (Å²) in [5.74, 6) is 0.927. The van der Waals surface area contributed by atoms with Gasteiger partial charge in [0.25, 0.3) is 0 Å². The first-order valence-corrected chi connectivity index (χ1v) is 7.10. The molecule has 0 amide bonds. The van der Waals surface area contributed by atoms with Gasteiger partial charge in [0, 0.05) is 22.6 Å². The summed E-state index contributed by atoms with van der Waals surface area (Å²) in [5.41, 5.74) is 2.44. The van der Waals surface area contributed by atoms with Gasteiger partial charge in [0.1, 0.15) is 5.75 Å². The minimum Gasteiger partial charge on any atom is -0.496 e. The van der Waals surface area contributed by atoms with E-state index in [9.17, 15) is 0 Å². The number of para-hydroxylation sites is 1. The second kappa shape index (κ2) is 6.73. The van der Waals surface area contributed by atoms with E-state index in [1.807, 2.05) is 24.3 Å². The molecule has 0 fully saturated rings. The molecule has 2 aromatic rings. The molecule has 0 saturated carbocycles. The first-order chi connectivity index (χ1) is 9.20. The number of nitrogens with one attached hydrogen (secondary N) is 1. The first-order valence-electron chi connectivity index (χ1n) is 6.31. The molecule has 2 nitrogen and oxygen atoms in total. The predicted molar refractivity (Wildman–Crippen MR) is 82.4 cm³/mol. The van der Waals surface area contributed by atoms with E-state index < -0.39 is 0 Å². The molecule has 0 heterocycles. The molecule has 0 aliphatic heterocycles. The third-order valence-corrected chi connectivity index (χ3v) is 3.63. The molecule has 19 heavy (non-hydrogen) atoms. The lowest BCUT2D eigenvalue weighted by atomic mass is 10.1. The topological polar surface area (TPSA) is 21.3 Å². The summed E-state index contributed by atoms with van der Waals surface area (Å²) < 4.78 is 6.46. The molecule has 0 unspecified atom stereocenters. The zero-order valence-corrected chi connectivity index (χ0v) is 12.8. The molecule has 0 radical (unpaired) electrons. The Bertz CT molecular complexity index is 542. The van der Waals surface area contributed by atoms with Gasteiger partial charge >= 0.3 is 0 Å². The fraction of sp³-hybridized carbons (Fsp3) is 0.250. The molecule has 1 atom stereocenters. The third kappa shape index (κ3) is 3.82. The standard InChI is InChI=1S/C16H18BrNO/c1-12(13-7-5-8-15(17)10-13)18-11-14-6-3-4-9-16(14)19-2/h3-10,12,18H,11H2,1-2H3/t12-/m0/s1. The highest BCUT2D eigenvalue weighted by atomic mass is 79.9. The number of hydrogen-bond acceptors (Lipinski definition) is 2. The van der Waals surface area contributed by atoms with Crippen molar-refractivity contribution in [2.75, 3.05) is 7.11 Å². The van der Waals surface area contributed by atoms with Gasteiger partial charge in [0.2, 0.25) is 0 Å². The van der Waals surface area contributed by atoms with E-state index >= 15 is 0 Å². The summed E-state index contributed by atoms with van der Waals surface area (Å²) in [6, 6.07) is 16.7. The maximum Gasteiger partial charge on any atom is 0.123 e. The second-order valence-electron chi connectivity index (χ2n) is 4.47. The highest BCUT2D eigenvalue weighted by Gasteiger charge is 2.07. The smallest absolute Gasteiger partial charge is 0.123 e. The Morgan fingerprint density at radius 3 is 2.68 bits per heavy atom. The molecule has 0 saturated heterocycles. The van der Waals surface area contributed by atoms with E-state index in [0.717, 1.165) is 16.8 Å². The van der Waals surface area contributed by atoms with E-state index in [2.05, 4.69) is 52.4 Å². The summed E-state index contributed by atoms with van der Waals surface area (Å²) in [7, 11) is 1.70. The zero-order chi connectivity index (χ0) is 13.7. The molecule has 1 N–H and O–H groups in total. The lowest BCUT2D eigenvalue weighted by molar-refractivity contribution is 0.406. The van der Waals surface area contributed by atoms with Crippen LogP contribution in [0, 0.1) is 0 Å².